The Kier molecular flexibility index (Phi) is 5.60. The molecular weight excluding hydrogens is 371 g/mol. The normalized spacial score (nSPS) is 10.5. The van der Waals surface area contributed by atoms with Crippen molar-refractivity contribution in [2.24, 2.45) is 0 Å². The molecule has 134 valence electrons. The predicted octanol–water partition coefficient (Wildman–Crippen LogP) is 6.35. The second-order valence-electron chi connectivity index (χ2n) is 5.56. The molecule has 0 spiro atoms. The third-order valence-corrected chi connectivity index (χ3v) is 4.70. The van der Waals surface area contributed by atoms with Crippen LogP contribution in [0.2, 0.25) is 10.0 Å². The van der Waals surface area contributed by atoms with Gasteiger partial charge in [0.25, 0.3) is 0 Å². The van der Waals surface area contributed by atoms with Crippen LogP contribution in [0.1, 0.15) is 0 Å². The van der Waals surface area contributed by atoms with E-state index >= 15 is 0 Å². The van der Waals surface area contributed by atoms with Gasteiger partial charge in [0, 0.05) is 26.7 Å². The number of ether oxygens (including phenoxy) is 3. The number of rotatable bonds is 5. The van der Waals surface area contributed by atoms with Gasteiger partial charge in [-0.05, 0) is 29.8 Å². The zero-order chi connectivity index (χ0) is 18.7. The zero-order valence-corrected chi connectivity index (χ0v) is 16.2. The summed E-state index contributed by atoms with van der Waals surface area (Å²) in [4.78, 5) is 0. The molecule has 3 nitrogen and oxygen atoms in total. The highest BCUT2D eigenvalue weighted by Crippen LogP contribution is 2.51. The van der Waals surface area contributed by atoms with Crippen LogP contribution in [0.3, 0.4) is 0 Å². The smallest absolute Gasteiger partial charge is 0.204 e. The van der Waals surface area contributed by atoms with E-state index in [0.29, 0.717) is 27.3 Å². The molecule has 0 aromatic heterocycles. The first-order valence-electron chi connectivity index (χ1n) is 7.94. The minimum Gasteiger partial charge on any atom is -0.492 e. The van der Waals surface area contributed by atoms with E-state index in [9.17, 15) is 0 Å². The Morgan fingerprint density at radius 3 is 1.77 bits per heavy atom. The molecule has 0 fully saturated rings. The Morgan fingerprint density at radius 1 is 0.615 bits per heavy atom. The molecule has 0 unspecified atom stereocenters. The molecule has 3 aromatic rings. The van der Waals surface area contributed by atoms with E-state index in [-0.39, 0.29) is 0 Å². The molecule has 0 N–H and O–H groups in total. The summed E-state index contributed by atoms with van der Waals surface area (Å²) in [5.41, 5.74) is 3.47. The highest BCUT2D eigenvalue weighted by Gasteiger charge is 2.23. The quantitative estimate of drug-likeness (QED) is 0.509. The maximum atomic E-state index is 6.43. The molecule has 0 bridgehead atoms. The first-order valence-corrected chi connectivity index (χ1v) is 8.70. The lowest BCUT2D eigenvalue weighted by atomic mass is 9.96. The van der Waals surface area contributed by atoms with Crippen molar-refractivity contribution in [1.29, 1.82) is 0 Å². The van der Waals surface area contributed by atoms with E-state index in [0.717, 1.165) is 22.3 Å². The molecule has 0 atom stereocenters. The maximum Gasteiger partial charge on any atom is 0.204 e. The van der Waals surface area contributed by atoms with Crippen molar-refractivity contribution in [3.8, 4) is 39.5 Å². The average molecular weight is 389 g/mol. The van der Waals surface area contributed by atoms with Crippen LogP contribution in [0.5, 0.6) is 17.2 Å². The Hall–Kier alpha value is -2.36. The fourth-order valence-corrected chi connectivity index (χ4v) is 3.30. The fourth-order valence-electron chi connectivity index (χ4n) is 2.94. The Labute approximate surface area is 163 Å². The molecule has 0 saturated carbocycles. The van der Waals surface area contributed by atoms with Gasteiger partial charge in [-0.25, -0.2) is 0 Å². The summed E-state index contributed by atoms with van der Waals surface area (Å²) in [6.07, 6.45) is 0. The van der Waals surface area contributed by atoms with Crippen molar-refractivity contribution in [3.63, 3.8) is 0 Å². The van der Waals surface area contributed by atoms with Gasteiger partial charge in [-0.2, -0.15) is 0 Å². The monoisotopic (exact) mass is 388 g/mol. The van der Waals surface area contributed by atoms with Crippen LogP contribution in [0.4, 0.5) is 0 Å². The fraction of sp³-hybridized carbons (Fsp3) is 0.143. The maximum absolute atomic E-state index is 6.43. The van der Waals surface area contributed by atoms with Crippen molar-refractivity contribution in [2.45, 2.75) is 0 Å². The molecule has 0 radical (unpaired) electrons. The topological polar surface area (TPSA) is 27.7 Å². The third-order valence-electron chi connectivity index (χ3n) is 4.12. The zero-order valence-electron chi connectivity index (χ0n) is 14.7. The summed E-state index contributed by atoms with van der Waals surface area (Å²) in [7, 11) is 4.79. The largest absolute Gasteiger partial charge is 0.492 e. The van der Waals surface area contributed by atoms with E-state index in [4.69, 9.17) is 37.4 Å². The summed E-state index contributed by atoms with van der Waals surface area (Å²) in [5.74, 6) is 1.66. The van der Waals surface area contributed by atoms with Gasteiger partial charge >= 0.3 is 0 Å². The Bertz CT molecular complexity index is 921. The minimum absolute atomic E-state index is 0.511. The molecule has 0 aliphatic carbocycles. The van der Waals surface area contributed by atoms with E-state index in [1.807, 2.05) is 54.6 Å². The molecule has 0 heterocycles. The lowest BCUT2D eigenvalue weighted by Crippen LogP contribution is -1.99. The van der Waals surface area contributed by atoms with E-state index in [1.54, 1.807) is 21.3 Å². The Morgan fingerprint density at radius 2 is 1.19 bits per heavy atom. The van der Waals surface area contributed by atoms with Gasteiger partial charge in [0.05, 0.1) is 21.3 Å². The summed E-state index contributed by atoms with van der Waals surface area (Å²) < 4.78 is 16.9. The van der Waals surface area contributed by atoms with E-state index in [2.05, 4.69) is 0 Å². The van der Waals surface area contributed by atoms with Crippen molar-refractivity contribution in [1.82, 2.24) is 0 Å². The molecular formula is C21H18Cl2O3. The first-order chi connectivity index (χ1) is 12.6. The van der Waals surface area contributed by atoms with Gasteiger partial charge in [0.1, 0.15) is 0 Å². The van der Waals surface area contributed by atoms with Crippen LogP contribution in [-0.4, -0.2) is 21.3 Å². The summed E-state index contributed by atoms with van der Waals surface area (Å²) in [5, 5.41) is 1.29. The highest BCUT2D eigenvalue weighted by molar-refractivity contribution is 6.33. The van der Waals surface area contributed by atoms with E-state index < -0.39 is 0 Å². The SMILES string of the molecule is COc1c(-c2ccc(Cl)cc2)cc(-c2ccccc2Cl)c(OC)c1OC. The summed E-state index contributed by atoms with van der Waals surface area (Å²) in [6.45, 7) is 0. The highest BCUT2D eigenvalue weighted by atomic mass is 35.5. The van der Waals surface area contributed by atoms with Gasteiger partial charge in [0.15, 0.2) is 11.5 Å². The van der Waals surface area contributed by atoms with Crippen molar-refractivity contribution in [3.05, 3.63) is 64.6 Å². The van der Waals surface area contributed by atoms with Gasteiger partial charge < -0.3 is 14.2 Å². The molecule has 3 aromatic carbocycles. The van der Waals surface area contributed by atoms with Gasteiger partial charge in [-0.1, -0.05) is 53.5 Å². The van der Waals surface area contributed by atoms with Gasteiger partial charge in [-0.15, -0.1) is 0 Å². The Balaban J connectivity index is 2.36. The predicted molar refractivity (Wildman–Crippen MR) is 107 cm³/mol. The number of hydrogen-bond acceptors (Lipinski definition) is 3. The molecule has 0 amide bonds. The molecule has 0 aliphatic heterocycles. The number of methoxy groups -OCH3 is 3. The van der Waals surface area contributed by atoms with Crippen molar-refractivity contribution >= 4 is 23.2 Å². The van der Waals surface area contributed by atoms with Crippen LogP contribution >= 0.6 is 23.2 Å². The lowest BCUT2D eigenvalue weighted by Gasteiger charge is -2.20. The van der Waals surface area contributed by atoms with Crippen molar-refractivity contribution in [2.75, 3.05) is 21.3 Å². The number of halogens is 2. The molecule has 5 heteroatoms. The van der Waals surface area contributed by atoms with Crippen LogP contribution in [0.15, 0.2) is 54.6 Å². The van der Waals surface area contributed by atoms with Crippen molar-refractivity contribution < 1.29 is 14.2 Å². The lowest BCUT2D eigenvalue weighted by molar-refractivity contribution is 0.326. The second kappa shape index (κ2) is 7.90. The first kappa shape index (κ1) is 18.4. The molecule has 26 heavy (non-hydrogen) atoms. The summed E-state index contributed by atoms with van der Waals surface area (Å²) >= 11 is 12.5. The number of hydrogen-bond donors (Lipinski definition) is 0. The molecule has 0 saturated heterocycles. The van der Waals surface area contributed by atoms with E-state index in [1.165, 1.54) is 0 Å². The van der Waals surface area contributed by atoms with Gasteiger partial charge in [0.2, 0.25) is 5.75 Å². The van der Waals surface area contributed by atoms with Crippen LogP contribution in [0, 0.1) is 0 Å². The second-order valence-corrected chi connectivity index (χ2v) is 6.40. The minimum atomic E-state index is 0.511. The third kappa shape index (κ3) is 3.33. The average Bonchev–Trinajstić information content (AvgIpc) is 2.67. The number of benzene rings is 3. The van der Waals surface area contributed by atoms with Gasteiger partial charge in [-0.3, -0.25) is 0 Å². The molecule has 3 rings (SSSR count). The van der Waals surface area contributed by atoms with Crippen LogP contribution < -0.4 is 14.2 Å². The molecule has 0 aliphatic rings. The standard InChI is InChI=1S/C21H18Cl2O3/c1-24-19-16(13-8-10-14(22)11-9-13)12-17(20(25-2)21(19)26-3)15-6-4-5-7-18(15)23/h4-12H,1-3H3. The van der Waals surface area contributed by atoms with Crippen LogP contribution in [-0.2, 0) is 0 Å². The van der Waals surface area contributed by atoms with Crippen LogP contribution in [0.25, 0.3) is 22.3 Å². The summed E-state index contributed by atoms with van der Waals surface area (Å²) in [6, 6.07) is 17.1.